The van der Waals surface area contributed by atoms with Gasteiger partial charge < -0.3 is 15.7 Å². The van der Waals surface area contributed by atoms with Gasteiger partial charge in [-0.2, -0.15) is 0 Å². The molecule has 0 spiro atoms. The zero-order chi connectivity index (χ0) is 19.2. The zero-order valence-electron chi connectivity index (χ0n) is 15.4. The van der Waals surface area contributed by atoms with Gasteiger partial charge in [0.2, 0.25) is 11.8 Å². The van der Waals surface area contributed by atoms with Crippen molar-refractivity contribution in [3.05, 3.63) is 52.0 Å². The number of benzene rings is 1. The van der Waals surface area contributed by atoms with Gasteiger partial charge in [-0.3, -0.25) is 9.59 Å². The molecule has 1 aliphatic carbocycles. The molecule has 3 N–H and O–H groups in total. The summed E-state index contributed by atoms with van der Waals surface area (Å²) in [6, 6.07) is 9.10. The van der Waals surface area contributed by atoms with Gasteiger partial charge in [0, 0.05) is 23.8 Å². The molecule has 3 atom stereocenters. The Hall–Kier alpha value is -2.25. The molecule has 6 nitrogen and oxygen atoms in total. The molecule has 1 aliphatic rings. The van der Waals surface area contributed by atoms with Gasteiger partial charge in [0.05, 0.1) is 29.8 Å². The van der Waals surface area contributed by atoms with Crippen molar-refractivity contribution >= 4 is 23.2 Å². The summed E-state index contributed by atoms with van der Waals surface area (Å²) in [6.45, 7) is 2.52. The smallest absolute Gasteiger partial charge is 0.224 e. The third-order valence-corrected chi connectivity index (χ3v) is 5.94. The first-order chi connectivity index (χ1) is 13.0. The molecule has 1 aromatic heterocycles. The third kappa shape index (κ3) is 5.37. The van der Waals surface area contributed by atoms with Crippen molar-refractivity contribution in [2.45, 2.75) is 44.8 Å². The van der Waals surface area contributed by atoms with E-state index in [1.165, 1.54) is 4.88 Å². The number of hydrogen-bond donors (Lipinski definition) is 3. The van der Waals surface area contributed by atoms with Crippen LogP contribution in [0, 0.1) is 12.8 Å². The lowest BCUT2D eigenvalue weighted by molar-refractivity contribution is -0.125. The van der Waals surface area contributed by atoms with E-state index in [0.717, 1.165) is 17.7 Å². The summed E-state index contributed by atoms with van der Waals surface area (Å²) in [4.78, 5) is 30.0. The van der Waals surface area contributed by atoms with Crippen LogP contribution in [0.25, 0.3) is 0 Å². The number of carbonyl (C=O) groups excluding carboxylic acids is 2. The van der Waals surface area contributed by atoms with E-state index in [9.17, 15) is 14.7 Å². The average molecular weight is 388 g/mol. The first kappa shape index (κ1) is 19.5. The van der Waals surface area contributed by atoms with E-state index < -0.39 is 6.10 Å². The Bertz CT molecular complexity index is 778. The van der Waals surface area contributed by atoms with Gasteiger partial charge >= 0.3 is 0 Å². The second kappa shape index (κ2) is 9.10. The number of carbonyl (C=O) groups is 2. The molecule has 0 radical (unpaired) electrons. The van der Waals surface area contributed by atoms with Crippen molar-refractivity contribution in [1.29, 1.82) is 0 Å². The number of aromatic nitrogens is 1. The minimum atomic E-state index is -0.691. The largest absolute Gasteiger partial charge is 0.391 e. The Labute approximate surface area is 163 Å². The number of aliphatic hydroxyl groups is 1. The number of hydrogen-bond acceptors (Lipinski definition) is 5. The van der Waals surface area contributed by atoms with Crippen LogP contribution in [-0.2, 0) is 22.4 Å². The molecule has 0 aliphatic heterocycles. The lowest BCUT2D eigenvalue weighted by Gasteiger charge is -2.16. The maximum atomic E-state index is 12.4. The Morgan fingerprint density at radius 2 is 2.04 bits per heavy atom. The van der Waals surface area contributed by atoms with Gasteiger partial charge in [0.15, 0.2) is 0 Å². The summed E-state index contributed by atoms with van der Waals surface area (Å²) in [5.74, 6) is -0.465. The van der Waals surface area contributed by atoms with E-state index in [1.54, 1.807) is 11.3 Å². The summed E-state index contributed by atoms with van der Waals surface area (Å²) in [6.07, 6.45) is 1.18. The van der Waals surface area contributed by atoms with Crippen LogP contribution in [0.15, 0.2) is 35.8 Å². The van der Waals surface area contributed by atoms with Crippen molar-refractivity contribution in [2.75, 3.05) is 6.54 Å². The van der Waals surface area contributed by atoms with Crippen molar-refractivity contribution in [3.63, 3.8) is 0 Å². The Balaban J connectivity index is 1.43. The predicted octanol–water partition coefficient (Wildman–Crippen LogP) is 1.61. The molecular formula is C20H25N3O3S. The topological polar surface area (TPSA) is 91.3 Å². The molecular weight excluding hydrogens is 362 g/mol. The minimum absolute atomic E-state index is 0.0592. The molecule has 1 aromatic carbocycles. The number of rotatable bonds is 7. The molecule has 144 valence electrons. The monoisotopic (exact) mass is 387 g/mol. The van der Waals surface area contributed by atoms with Crippen LogP contribution < -0.4 is 10.6 Å². The standard InChI is InChI=1S/C20H25N3O3S/c1-13-18(27-12-22-13)7-8-21-20(26)15-10-16(17(24)11-15)23-19(25)9-14-5-3-2-4-6-14/h2-6,12,15-17,24H,7-11H2,1H3,(H,21,26)(H,23,25)/t15-,16+,17+/m0/s1. The molecule has 3 rings (SSSR count). The first-order valence-electron chi connectivity index (χ1n) is 9.21. The first-order valence-corrected chi connectivity index (χ1v) is 10.1. The quantitative estimate of drug-likeness (QED) is 0.673. The van der Waals surface area contributed by atoms with Crippen LogP contribution >= 0.6 is 11.3 Å². The van der Waals surface area contributed by atoms with E-state index in [1.807, 2.05) is 42.8 Å². The maximum absolute atomic E-state index is 12.4. The molecule has 0 saturated heterocycles. The summed E-state index contributed by atoms with van der Waals surface area (Å²) >= 11 is 1.59. The zero-order valence-corrected chi connectivity index (χ0v) is 16.2. The molecule has 1 heterocycles. The maximum Gasteiger partial charge on any atom is 0.224 e. The van der Waals surface area contributed by atoms with Gasteiger partial charge in [-0.05, 0) is 25.3 Å². The molecule has 0 unspecified atom stereocenters. The van der Waals surface area contributed by atoms with Crippen molar-refractivity contribution in [1.82, 2.24) is 15.6 Å². The fourth-order valence-electron chi connectivity index (χ4n) is 3.43. The van der Waals surface area contributed by atoms with Gasteiger partial charge in [-0.25, -0.2) is 4.98 Å². The van der Waals surface area contributed by atoms with Crippen molar-refractivity contribution < 1.29 is 14.7 Å². The molecule has 2 amide bonds. The van der Waals surface area contributed by atoms with E-state index >= 15 is 0 Å². The van der Waals surface area contributed by atoms with Crippen LogP contribution in [-0.4, -0.2) is 40.6 Å². The van der Waals surface area contributed by atoms with E-state index in [0.29, 0.717) is 19.4 Å². The van der Waals surface area contributed by atoms with E-state index in [-0.39, 0.29) is 30.2 Å². The van der Waals surface area contributed by atoms with Gasteiger partial charge in [0.1, 0.15) is 0 Å². The second-order valence-corrected chi connectivity index (χ2v) is 7.91. The number of thiazole rings is 1. The van der Waals surface area contributed by atoms with E-state index in [4.69, 9.17) is 0 Å². The van der Waals surface area contributed by atoms with Crippen molar-refractivity contribution in [3.8, 4) is 0 Å². The molecule has 0 bridgehead atoms. The molecule has 27 heavy (non-hydrogen) atoms. The third-order valence-electron chi connectivity index (χ3n) is 4.95. The number of amides is 2. The Morgan fingerprint density at radius 3 is 2.74 bits per heavy atom. The van der Waals surface area contributed by atoms with Gasteiger partial charge in [-0.1, -0.05) is 30.3 Å². The normalized spacial score (nSPS) is 21.8. The highest BCUT2D eigenvalue weighted by Crippen LogP contribution is 2.26. The highest BCUT2D eigenvalue weighted by atomic mass is 32.1. The summed E-state index contributed by atoms with van der Waals surface area (Å²) in [5.41, 5.74) is 3.74. The van der Waals surface area contributed by atoms with Crippen LogP contribution in [0.5, 0.6) is 0 Å². The van der Waals surface area contributed by atoms with Crippen LogP contribution in [0.3, 0.4) is 0 Å². The highest BCUT2D eigenvalue weighted by molar-refractivity contribution is 7.09. The molecule has 2 aromatic rings. The van der Waals surface area contributed by atoms with E-state index in [2.05, 4.69) is 15.6 Å². The minimum Gasteiger partial charge on any atom is -0.391 e. The molecule has 1 saturated carbocycles. The summed E-state index contributed by atoms with van der Waals surface area (Å²) in [7, 11) is 0. The fraction of sp³-hybridized carbons (Fsp3) is 0.450. The number of aryl methyl sites for hydroxylation is 1. The summed E-state index contributed by atoms with van der Waals surface area (Å²) < 4.78 is 0. The van der Waals surface area contributed by atoms with Gasteiger partial charge in [-0.15, -0.1) is 11.3 Å². The lowest BCUT2D eigenvalue weighted by Crippen LogP contribution is -2.40. The Morgan fingerprint density at radius 1 is 1.26 bits per heavy atom. The van der Waals surface area contributed by atoms with Crippen LogP contribution in [0.2, 0.25) is 0 Å². The Kier molecular flexibility index (Phi) is 6.58. The second-order valence-electron chi connectivity index (χ2n) is 6.97. The molecule has 7 heteroatoms. The summed E-state index contributed by atoms with van der Waals surface area (Å²) in [5, 5.41) is 16.0. The highest BCUT2D eigenvalue weighted by Gasteiger charge is 2.37. The fourth-order valence-corrected chi connectivity index (χ4v) is 4.21. The SMILES string of the molecule is Cc1ncsc1CCNC(=O)[C@@H]1C[C@@H](O)[C@H](NC(=O)Cc2ccccc2)C1. The number of nitrogens with zero attached hydrogens (tertiary/aromatic N) is 1. The number of aliphatic hydroxyl groups excluding tert-OH is 1. The average Bonchev–Trinajstić information content (AvgIpc) is 3.22. The van der Waals surface area contributed by atoms with Crippen molar-refractivity contribution in [2.24, 2.45) is 5.92 Å². The van der Waals surface area contributed by atoms with Crippen LogP contribution in [0.4, 0.5) is 0 Å². The lowest BCUT2D eigenvalue weighted by atomic mass is 10.1. The predicted molar refractivity (Wildman–Crippen MR) is 104 cm³/mol. The molecule has 1 fully saturated rings. The van der Waals surface area contributed by atoms with Gasteiger partial charge in [0.25, 0.3) is 0 Å². The van der Waals surface area contributed by atoms with Crippen LogP contribution in [0.1, 0.15) is 29.0 Å². The number of nitrogens with one attached hydrogen (secondary N) is 2.